The smallest absolute Gasteiger partial charge is 0.147 e. The molecule has 0 unspecified atom stereocenters. The average Bonchev–Trinajstić information content (AvgIpc) is 3.30. The molecule has 0 spiro atoms. The second-order valence-corrected chi connectivity index (χ2v) is 9.99. The van der Waals surface area contributed by atoms with Crippen LogP contribution >= 0.6 is 0 Å². The molecule has 0 radical (unpaired) electrons. The molecule has 5 atom stereocenters. The predicted octanol–water partition coefficient (Wildman–Crippen LogP) is 6.16. The summed E-state index contributed by atoms with van der Waals surface area (Å²) in [5.41, 5.74) is 1.70. The van der Waals surface area contributed by atoms with E-state index in [4.69, 9.17) is 18.9 Å². The maximum absolute atomic E-state index is 6.56. The van der Waals surface area contributed by atoms with Crippen LogP contribution < -0.4 is 0 Å². The topological polar surface area (TPSA) is 36.9 Å². The molecule has 2 aromatic rings. The molecular formula is C29H38O4. The quantitative estimate of drug-likeness (QED) is 0.303. The Balaban J connectivity index is 1.57. The average molecular weight is 451 g/mol. The number of allylic oxidation sites excluding steroid dienone is 2. The molecule has 0 amide bonds. The third kappa shape index (κ3) is 4.42. The van der Waals surface area contributed by atoms with E-state index in [-0.39, 0.29) is 29.3 Å². The van der Waals surface area contributed by atoms with E-state index in [1.54, 1.807) is 7.11 Å². The van der Waals surface area contributed by atoms with Gasteiger partial charge in [-0.1, -0.05) is 86.7 Å². The Hall–Kier alpha value is -1.98. The Morgan fingerprint density at radius 1 is 0.909 bits per heavy atom. The number of hydrogen-bond donors (Lipinski definition) is 0. The van der Waals surface area contributed by atoms with Gasteiger partial charge in [0, 0.05) is 24.4 Å². The highest BCUT2D eigenvalue weighted by atomic mass is 16.7. The number of fused-ring (bicyclic) bond motifs is 2. The highest BCUT2D eigenvalue weighted by Gasteiger charge is 2.73. The zero-order valence-electron chi connectivity index (χ0n) is 20.5. The monoisotopic (exact) mass is 450 g/mol. The molecule has 0 heterocycles. The maximum atomic E-state index is 6.56. The molecule has 2 bridgehead atoms. The summed E-state index contributed by atoms with van der Waals surface area (Å²) in [6.07, 6.45) is 6.47. The Kier molecular flexibility index (Phi) is 7.40. The molecule has 0 N–H and O–H groups in total. The predicted molar refractivity (Wildman–Crippen MR) is 131 cm³/mol. The van der Waals surface area contributed by atoms with Crippen molar-refractivity contribution in [1.29, 1.82) is 0 Å². The molecule has 0 aromatic heterocycles. The van der Waals surface area contributed by atoms with Crippen molar-refractivity contribution in [3.8, 4) is 0 Å². The van der Waals surface area contributed by atoms with Crippen LogP contribution in [0, 0.1) is 16.7 Å². The van der Waals surface area contributed by atoms with E-state index >= 15 is 0 Å². The van der Waals surface area contributed by atoms with Crippen LogP contribution in [0.25, 0.3) is 0 Å². The highest BCUT2D eigenvalue weighted by molar-refractivity contribution is 5.28. The van der Waals surface area contributed by atoms with Crippen molar-refractivity contribution in [1.82, 2.24) is 0 Å². The molecule has 4 nitrogen and oxygen atoms in total. The number of rotatable bonds is 11. The minimum absolute atomic E-state index is 0.119. The first kappa shape index (κ1) is 24.2. The summed E-state index contributed by atoms with van der Waals surface area (Å²) in [7, 11) is 1.69. The fourth-order valence-corrected chi connectivity index (χ4v) is 6.28. The number of benzene rings is 2. The van der Waals surface area contributed by atoms with E-state index in [9.17, 15) is 0 Å². The van der Waals surface area contributed by atoms with Gasteiger partial charge in [-0.2, -0.15) is 0 Å². The van der Waals surface area contributed by atoms with Crippen molar-refractivity contribution in [2.75, 3.05) is 20.5 Å². The summed E-state index contributed by atoms with van der Waals surface area (Å²) in [4.78, 5) is 0. The van der Waals surface area contributed by atoms with E-state index < -0.39 is 0 Å². The second kappa shape index (κ2) is 10.1. The lowest BCUT2D eigenvalue weighted by Crippen LogP contribution is -2.58. The lowest BCUT2D eigenvalue weighted by Gasteiger charge is -2.54. The minimum atomic E-state index is -0.361. The van der Waals surface area contributed by atoms with Crippen LogP contribution in [0.2, 0.25) is 0 Å². The molecular weight excluding hydrogens is 412 g/mol. The van der Waals surface area contributed by atoms with Gasteiger partial charge in [-0.05, 0) is 30.4 Å². The van der Waals surface area contributed by atoms with Gasteiger partial charge < -0.3 is 18.9 Å². The second-order valence-electron chi connectivity index (χ2n) is 9.99. The lowest BCUT2D eigenvalue weighted by atomic mass is 9.55. The van der Waals surface area contributed by atoms with Crippen LogP contribution in [0.15, 0.2) is 72.8 Å². The van der Waals surface area contributed by atoms with Crippen LogP contribution in [0.4, 0.5) is 0 Å². The highest BCUT2D eigenvalue weighted by Crippen LogP contribution is 2.70. The van der Waals surface area contributed by atoms with Crippen molar-refractivity contribution in [3.05, 3.63) is 83.9 Å². The normalized spacial score (nSPS) is 33.2. The van der Waals surface area contributed by atoms with Crippen LogP contribution in [-0.4, -0.2) is 32.2 Å². The first-order valence-corrected chi connectivity index (χ1v) is 12.0. The van der Waals surface area contributed by atoms with Gasteiger partial charge in [0.05, 0.1) is 31.5 Å². The molecule has 0 saturated heterocycles. The Morgan fingerprint density at radius 3 is 2.15 bits per heavy atom. The zero-order chi connectivity index (χ0) is 23.4. The lowest BCUT2D eigenvalue weighted by molar-refractivity contribution is -0.224. The number of methoxy groups -OCH3 is 1. The maximum Gasteiger partial charge on any atom is 0.147 e. The van der Waals surface area contributed by atoms with E-state index in [0.29, 0.717) is 25.7 Å². The van der Waals surface area contributed by atoms with Gasteiger partial charge in [0.2, 0.25) is 0 Å². The van der Waals surface area contributed by atoms with Crippen molar-refractivity contribution in [2.45, 2.75) is 58.5 Å². The summed E-state index contributed by atoms with van der Waals surface area (Å²) >= 11 is 0. The van der Waals surface area contributed by atoms with Gasteiger partial charge in [0.15, 0.2) is 0 Å². The summed E-state index contributed by atoms with van der Waals surface area (Å²) < 4.78 is 24.9. The van der Waals surface area contributed by atoms with Crippen molar-refractivity contribution in [3.63, 3.8) is 0 Å². The van der Waals surface area contributed by atoms with Crippen LogP contribution in [0.1, 0.15) is 44.7 Å². The summed E-state index contributed by atoms with van der Waals surface area (Å²) in [6, 6.07) is 20.8. The van der Waals surface area contributed by atoms with Gasteiger partial charge in [-0.3, -0.25) is 0 Å². The standard InChI is InChI=1S/C29H38O4/c1-5-16-27(2)25-17-29(33-22-30-4,18-26(25)32-20-24-14-10-7-11-15-24)28(27,3)21-31-19-23-12-8-6-9-13-23/h5-16,25-26H,17-22H2,1-4H3/b16-5+/t25-,26+,27-,28+,29-/m1/s1. The largest absolute Gasteiger partial charge is 0.376 e. The Morgan fingerprint density at radius 2 is 1.55 bits per heavy atom. The first-order valence-electron chi connectivity index (χ1n) is 12.0. The molecule has 4 rings (SSSR count). The van der Waals surface area contributed by atoms with Crippen LogP contribution in [0.5, 0.6) is 0 Å². The Bertz CT molecular complexity index is 914. The van der Waals surface area contributed by atoms with E-state index in [0.717, 1.165) is 12.8 Å². The molecule has 2 aliphatic rings. The summed E-state index contributed by atoms with van der Waals surface area (Å²) in [6.45, 7) is 8.91. The molecule has 0 aliphatic heterocycles. The van der Waals surface area contributed by atoms with E-state index in [2.05, 4.69) is 81.5 Å². The summed E-state index contributed by atoms with van der Waals surface area (Å²) in [5, 5.41) is 0. The SMILES string of the molecule is C/C=C/[C@]1(C)[C@@H]2C[C@@](OCOC)(C[C@@H]2OCc2ccccc2)[C@@]1(C)COCc1ccccc1. The molecule has 2 fully saturated rings. The molecule has 178 valence electrons. The van der Waals surface area contributed by atoms with Gasteiger partial charge >= 0.3 is 0 Å². The van der Waals surface area contributed by atoms with E-state index in [1.165, 1.54) is 11.1 Å². The molecule has 4 heteroatoms. The van der Waals surface area contributed by atoms with Gasteiger partial charge in [0.25, 0.3) is 0 Å². The molecule has 2 aliphatic carbocycles. The van der Waals surface area contributed by atoms with Gasteiger partial charge in [0.1, 0.15) is 6.79 Å². The zero-order valence-corrected chi connectivity index (χ0v) is 20.5. The molecule has 33 heavy (non-hydrogen) atoms. The third-order valence-electron chi connectivity index (χ3n) is 8.27. The van der Waals surface area contributed by atoms with Crippen LogP contribution in [-0.2, 0) is 32.2 Å². The number of ether oxygens (including phenoxy) is 4. The van der Waals surface area contributed by atoms with Crippen LogP contribution in [0.3, 0.4) is 0 Å². The van der Waals surface area contributed by atoms with Crippen molar-refractivity contribution in [2.24, 2.45) is 16.7 Å². The molecule has 2 aromatic carbocycles. The van der Waals surface area contributed by atoms with Crippen molar-refractivity contribution >= 4 is 0 Å². The minimum Gasteiger partial charge on any atom is -0.376 e. The van der Waals surface area contributed by atoms with Gasteiger partial charge in [-0.25, -0.2) is 0 Å². The third-order valence-corrected chi connectivity index (χ3v) is 8.27. The number of hydrogen-bond acceptors (Lipinski definition) is 4. The fraction of sp³-hybridized carbons (Fsp3) is 0.517. The van der Waals surface area contributed by atoms with E-state index in [1.807, 2.05) is 12.1 Å². The fourth-order valence-electron chi connectivity index (χ4n) is 6.28. The van der Waals surface area contributed by atoms with Crippen molar-refractivity contribution < 1.29 is 18.9 Å². The summed E-state index contributed by atoms with van der Waals surface area (Å²) in [5.74, 6) is 0.347. The van der Waals surface area contributed by atoms with Gasteiger partial charge in [-0.15, -0.1) is 0 Å². The molecule has 2 saturated carbocycles. The Labute approximate surface area is 198 Å². The first-order chi connectivity index (χ1) is 16.0.